The summed E-state index contributed by atoms with van der Waals surface area (Å²) >= 11 is 6.74. The predicted octanol–water partition coefficient (Wildman–Crippen LogP) is 5.80. The maximum Gasteiger partial charge on any atom is 0.0836 e. The second-order valence-electron chi connectivity index (χ2n) is 6.11. The van der Waals surface area contributed by atoms with Gasteiger partial charge in [-0.3, -0.25) is 0 Å². The smallest absolute Gasteiger partial charge is 0.0836 e. The topological polar surface area (TPSA) is 40.5 Å². The first-order valence-corrected chi connectivity index (χ1v) is 9.26. The van der Waals surface area contributed by atoms with Gasteiger partial charge in [-0.2, -0.15) is 0 Å². The molecule has 0 bridgehead atoms. The molecule has 2 nitrogen and oxygen atoms in total. The molecule has 0 radical (unpaired) electrons. The molecule has 0 heterocycles. The van der Waals surface area contributed by atoms with Gasteiger partial charge >= 0.3 is 0 Å². The van der Waals surface area contributed by atoms with Crippen LogP contribution >= 0.6 is 31.9 Å². The molecule has 24 heavy (non-hydrogen) atoms. The van der Waals surface area contributed by atoms with E-state index in [0.29, 0.717) is 12.8 Å². The summed E-state index contributed by atoms with van der Waals surface area (Å²) in [6, 6.07) is 11.9. The number of rotatable bonds is 0. The Morgan fingerprint density at radius 2 is 1.12 bits per heavy atom. The molecule has 2 aliphatic carbocycles. The zero-order chi connectivity index (χ0) is 17.4. The highest BCUT2D eigenvalue weighted by Crippen LogP contribution is 2.40. The van der Waals surface area contributed by atoms with Crippen LogP contribution in [0.2, 0.25) is 0 Å². The van der Waals surface area contributed by atoms with Crippen molar-refractivity contribution in [3.8, 4) is 0 Å². The normalized spacial score (nSPS) is 21.2. The second kappa shape index (κ2) is 6.96. The molecule has 4 heteroatoms. The van der Waals surface area contributed by atoms with Crippen LogP contribution in [0.4, 0.5) is 0 Å². The largest absolute Gasteiger partial charge is 0.388 e. The van der Waals surface area contributed by atoms with E-state index in [9.17, 15) is 10.2 Å². The quantitative estimate of drug-likeness (QED) is 0.533. The first kappa shape index (κ1) is 17.6. The summed E-state index contributed by atoms with van der Waals surface area (Å²) in [5.41, 5.74) is 6.26. The molecule has 0 saturated carbocycles. The van der Waals surface area contributed by atoms with Crippen LogP contribution in [0.3, 0.4) is 0 Å². The number of fused-ring (bicyclic) bond motifs is 2. The Labute approximate surface area is 158 Å². The number of benzene rings is 2. The van der Waals surface area contributed by atoms with Crippen LogP contribution < -0.4 is 0 Å². The average molecular weight is 450 g/mol. The fourth-order valence-corrected chi connectivity index (χ4v) is 3.93. The van der Waals surface area contributed by atoms with E-state index < -0.39 is 0 Å². The van der Waals surface area contributed by atoms with Crippen molar-refractivity contribution in [2.24, 2.45) is 0 Å². The Bertz CT molecular complexity index is 757. The van der Waals surface area contributed by atoms with Crippen molar-refractivity contribution in [2.75, 3.05) is 0 Å². The zero-order valence-corrected chi connectivity index (χ0v) is 16.3. The lowest BCUT2D eigenvalue weighted by Gasteiger charge is -2.02. The fourth-order valence-electron chi connectivity index (χ4n) is 3.17. The maximum atomic E-state index is 9.59. The summed E-state index contributed by atoms with van der Waals surface area (Å²) in [4.78, 5) is 0. The lowest BCUT2D eigenvalue weighted by atomic mass is 10.1. The van der Waals surface area contributed by atoms with Gasteiger partial charge in [0.25, 0.3) is 0 Å². The van der Waals surface area contributed by atoms with E-state index in [-0.39, 0.29) is 12.2 Å². The van der Waals surface area contributed by atoms with Crippen LogP contribution in [0.5, 0.6) is 0 Å². The van der Waals surface area contributed by atoms with Crippen LogP contribution in [0.15, 0.2) is 58.5 Å². The van der Waals surface area contributed by atoms with Crippen LogP contribution in [0.1, 0.15) is 47.3 Å². The van der Waals surface area contributed by atoms with Gasteiger partial charge in [0, 0.05) is 21.8 Å². The summed E-state index contributed by atoms with van der Waals surface area (Å²) in [7, 11) is 0. The van der Waals surface area contributed by atoms with Crippen molar-refractivity contribution in [2.45, 2.75) is 25.0 Å². The molecule has 2 aromatic rings. The molecular formula is C20H18Br2O2. The average Bonchev–Trinajstić information content (AvgIpc) is 2.96. The number of aliphatic hydroxyl groups is 2. The minimum absolute atomic E-state index is 0.356. The van der Waals surface area contributed by atoms with Crippen molar-refractivity contribution in [3.05, 3.63) is 80.8 Å². The van der Waals surface area contributed by atoms with Crippen molar-refractivity contribution >= 4 is 43.0 Å². The van der Waals surface area contributed by atoms with Crippen LogP contribution in [-0.4, -0.2) is 10.2 Å². The molecule has 0 saturated heterocycles. The zero-order valence-electron chi connectivity index (χ0n) is 13.1. The van der Waals surface area contributed by atoms with E-state index in [1.165, 1.54) is 0 Å². The SMILES string of the molecule is C=C1C[C@@H](O)c2cc(Br)ccc21.C=C1C[C@@H](O)c2cc(Br)ccc21. The molecule has 2 N–H and O–H groups in total. The number of hydrogen-bond donors (Lipinski definition) is 2. The molecule has 124 valence electrons. The second-order valence-corrected chi connectivity index (χ2v) is 7.94. The molecule has 0 aromatic heterocycles. The predicted molar refractivity (Wildman–Crippen MR) is 106 cm³/mol. The van der Waals surface area contributed by atoms with Gasteiger partial charge in [0.2, 0.25) is 0 Å². The summed E-state index contributed by atoms with van der Waals surface area (Å²) in [6.07, 6.45) is 0.632. The summed E-state index contributed by atoms with van der Waals surface area (Å²) in [5.74, 6) is 0. The molecule has 0 fully saturated rings. The third kappa shape index (κ3) is 3.42. The molecule has 0 unspecified atom stereocenters. The van der Waals surface area contributed by atoms with E-state index in [4.69, 9.17) is 0 Å². The summed E-state index contributed by atoms with van der Waals surface area (Å²) in [5, 5.41) is 19.2. The van der Waals surface area contributed by atoms with Gasteiger partial charge in [0.1, 0.15) is 0 Å². The Balaban J connectivity index is 0.000000141. The summed E-state index contributed by atoms with van der Waals surface area (Å²) in [6.45, 7) is 7.80. The van der Waals surface area contributed by atoms with Crippen molar-refractivity contribution in [3.63, 3.8) is 0 Å². The lowest BCUT2D eigenvalue weighted by Crippen LogP contribution is -1.89. The van der Waals surface area contributed by atoms with Gasteiger partial charge in [-0.05, 0) is 57.7 Å². The van der Waals surface area contributed by atoms with Gasteiger partial charge < -0.3 is 10.2 Å². The molecule has 2 atom stereocenters. The first-order chi connectivity index (χ1) is 11.4. The molecule has 4 rings (SSSR count). The minimum atomic E-state index is -0.356. The Hall–Kier alpha value is -1.20. The first-order valence-electron chi connectivity index (χ1n) is 7.68. The molecule has 0 aliphatic heterocycles. The van der Waals surface area contributed by atoms with E-state index in [2.05, 4.69) is 45.0 Å². The van der Waals surface area contributed by atoms with Gasteiger partial charge in [-0.1, -0.05) is 57.2 Å². The van der Waals surface area contributed by atoms with Gasteiger partial charge in [-0.25, -0.2) is 0 Å². The Morgan fingerprint density at radius 3 is 1.50 bits per heavy atom. The Morgan fingerprint density at radius 1 is 0.750 bits per heavy atom. The standard InChI is InChI=1S/2C10H9BrO/c2*1-6-4-10(12)9-5-7(11)2-3-8(6)9/h2*2-3,5,10,12H,1,4H2/t2*10-/m11/s1. The maximum absolute atomic E-state index is 9.59. The highest BCUT2D eigenvalue weighted by atomic mass is 79.9. The van der Waals surface area contributed by atoms with Crippen molar-refractivity contribution < 1.29 is 10.2 Å². The fraction of sp³-hybridized carbons (Fsp3) is 0.200. The van der Waals surface area contributed by atoms with Crippen molar-refractivity contribution in [1.29, 1.82) is 0 Å². The molecule has 0 spiro atoms. The Kier molecular flexibility index (Phi) is 5.11. The number of hydrogen-bond acceptors (Lipinski definition) is 2. The van der Waals surface area contributed by atoms with E-state index >= 15 is 0 Å². The van der Waals surface area contributed by atoms with E-state index in [1.807, 2.05) is 36.4 Å². The molecule has 2 aliphatic rings. The third-order valence-corrected chi connectivity index (χ3v) is 5.37. The highest BCUT2D eigenvalue weighted by Gasteiger charge is 2.23. The molecule has 2 aromatic carbocycles. The highest BCUT2D eigenvalue weighted by molar-refractivity contribution is 9.10. The van der Waals surface area contributed by atoms with Crippen molar-refractivity contribution in [1.82, 2.24) is 0 Å². The van der Waals surface area contributed by atoms with Gasteiger partial charge in [0.05, 0.1) is 12.2 Å². The number of aliphatic hydroxyl groups excluding tert-OH is 2. The van der Waals surface area contributed by atoms with Crippen LogP contribution in [-0.2, 0) is 0 Å². The van der Waals surface area contributed by atoms with E-state index in [0.717, 1.165) is 42.3 Å². The van der Waals surface area contributed by atoms with E-state index in [1.54, 1.807) is 0 Å². The van der Waals surface area contributed by atoms with Gasteiger partial charge in [0.15, 0.2) is 0 Å². The minimum Gasteiger partial charge on any atom is -0.388 e. The third-order valence-electron chi connectivity index (χ3n) is 4.39. The number of halogens is 2. The van der Waals surface area contributed by atoms with Gasteiger partial charge in [-0.15, -0.1) is 0 Å². The van der Waals surface area contributed by atoms with Crippen LogP contribution in [0.25, 0.3) is 11.1 Å². The molecule has 0 amide bonds. The van der Waals surface area contributed by atoms with Crippen LogP contribution in [0, 0.1) is 0 Å². The monoisotopic (exact) mass is 448 g/mol. The molecular weight excluding hydrogens is 432 g/mol. The summed E-state index contributed by atoms with van der Waals surface area (Å²) < 4.78 is 2.02. The lowest BCUT2D eigenvalue weighted by molar-refractivity contribution is 0.190.